The maximum atomic E-state index is 9.04. The van der Waals surface area contributed by atoms with Crippen LogP contribution in [0.4, 0.5) is 5.95 Å². The monoisotopic (exact) mass is 294 g/mol. The van der Waals surface area contributed by atoms with Crippen molar-refractivity contribution < 1.29 is 0 Å². The summed E-state index contributed by atoms with van der Waals surface area (Å²) >= 11 is 0. The fourth-order valence-corrected chi connectivity index (χ4v) is 4.06. The van der Waals surface area contributed by atoms with Crippen LogP contribution in [0.1, 0.15) is 43.0 Å². The van der Waals surface area contributed by atoms with E-state index >= 15 is 0 Å². The maximum Gasteiger partial charge on any atom is 0.227 e. The molecule has 2 saturated heterocycles. The van der Waals surface area contributed by atoms with Gasteiger partial charge in [-0.15, -0.1) is 0 Å². The Kier molecular flexibility index (Phi) is 3.07. The molecule has 2 bridgehead atoms. The van der Waals surface area contributed by atoms with E-state index in [0.29, 0.717) is 23.7 Å². The van der Waals surface area contributed by atoms with Gasteiger partial charge in [-0.2, -0.15) is 10.4 Å². The lowest BCUT2D eigenvalue weighted by Gasteiger charge is -2.39. The zero-order valence-electron chi connectivity index (χ0n) is 12.6. The van der Waals surface area contributed by atoms with Gasteiger partial charge in [-0.3, -0.25) is 4.68 Å². The molecule has 0 N–H and O–H groups in total. The molecule has 1 unspecified atom stereocenters. The molecule has 0 spiro atoms. The SMILES string of the molecule is Cn1nccc1C1C[C@H]2CC[C@@H](C1)N2c1nccc(C#N)n1. The van der Waals surface area contributed by atoms with Gasteiger partial charge in [-0.25, -0.2) is 9.97 Å². The highest BCUT2D eigenvalue weighted by atomic mass is 15.3. The number of nitriles is 1. The number of fused-ring (bicyclic) bond motifs is 2. The van der Waals surface area contributed by atoms with Gasteiger partial charge < -0.3 is 4.90 Å². The Morgan fingerprint density at radius 1 is 1.18 bits per heavy atom. The third-order valence-corrected chi connectivity index (χ3v) is 5.00. The molecule has 0 radical (unpaired) electrons. The predicted molar refractivity (Wildman–Crippen MR) is 81.2 cm³/mol. The van der Waals surface area contributed by atoms with E-state index in [1.165, 1.54) is 18.5 Å². The second kappa shape index (κ2) is 5.09. The van der Waals surface area contributed by atoms with Gasteiger partial charge in [0.1, 0.15) is 11.8 Å². The normalized spacial score (nSPS) is 26.9. The van der Waals surface area contributed by atoms with E-state index in [1.807, 2.05) is 17.9 Å². The van der Waals surface area contributed by atoms with E-state index in [2.05, 4.69) is 32.1 Å². The molecule has 22 heavy (non-hydrogen) atoms. The molecular weight excluding hydrogens is 276 g/mol. The van der Waals surface area contributed by atoms with Crippen molar-refractivity contribution in [1.82, 2.24) is 19.7 Å². The topological polar surface area (TPSA) is 70.6 Å². The second-order valence-electron chi connectivity index (χ2n) is 6.19. The third kappa shape index (κ3) is 2.05. The van der Waals surface area contributed by atoms with Gasteiger partial charge in [0, 0.05) is 43.1 Å². The van der Waals surface area contributed by atoms with E-state index < -0.39 is 0 Å². The molecule has 0 aliphatic carbocycles. The summed E-state index contributed by atoms with van der Waals surface area (Å²) in [6, 6.07) is 6.83. The molecule has 4 rings (SSSR count). The highest BCUT2D eigenvalue weighted by Crippen LogP contribution is 2.44. The number of aryl methyl sites for hydroxylation is 1. The van der Waals surface area contributed by atoms with E-state index in [1.54, 1.807) is 12.3 Å². The number of hydrogen-bond acceptors (Lipinski definition) is 5. The quantitative estimate of drug-likeness (QED) is 0.847. The Morgan fingerprint density at radius 2 is 1.95 bits per heavy atom. The Balaban J connectivity index is 1.61. The minimum absolute atomic E-state index is 0.443. The summed E-state index contributed by atoms with van der Waals surface area (Å²) in [6.07, 6.45) is 8.14. The Morgan fingerprint density at radius 3 is 2.59 bits per heavy atom. The van der Waals surface area contributed by atoms with Gasteiger partial charge in [-0.05, 0) is 37.8 Å². The van der Waals surface area contributed by atoms with Gasteiger partial charge in [0.2, 0.25) is 5.95 Å². The fraction of sp³-hybridized carbons (Fsp3) is 0.500. The maximum absolute atomic E-state index is 9.04. The van der Waals surface area contributed by atoms with Crippen molar-refractivity contribution in [2.75, 3.05) is 4.90 Å². The molecule has 0 saturated carbocycles. The Hall–Kier alpha value is -2.42. The zero-order chi connectivity index (χ0) is 15.1. The molecule has 2 aliphatic heterocycles. The van der Waals surface area contributed by atoms with Crippen LogP contribution >= 0.6 is 0 Å². The molecule has 0 aromatic carbocycles. The lowest BCUT2D eigenvalue weighted by atomic mass is 9.88. The van der Waals surface area contributed by atoms with Crippen molar-refractivity contribution >= 4 is 5.95 Å². The van der Waals surface area contributed by atoms with Gasteiger partial charge in [-0.1, -0.05) is 0 Å². The number of piperidine rings is 1. The first-order chi connectivity index (χ1) is 10.8. The van der Waals surface area contributed by atoms with Crippen LogP contribution in [-0.4, -0.2) is 31.8 Å². The van der Waals surface area contributed by atoms with Crippen molar-refractivity contribution in [2.45, 2.75) is 43.7 Å². The van der Waals surface area contributed by atoms with E-state index in [-0.39, 0.29) is 0 Å². The van der Waals surface area contributed by atoms with E-state index in [9.17, 15) is 0 Å². The first-order valence-corrected chi connectivity index (χ1v) is 7.75. The van der Waals surface area contributed by atoms with Crippen LogP contribution in [0.25, 0.3) is 0 Å². The second-order valence-corrected chi connectivity index (χ2v) is 6.19. The fourth-order valence-electron chi connectivity index (χ4n) is 4.06. The standard InChI is InChI=1S/C16H18N6/c1-21-15(5-7-19-21)11-8-13-2-3-14(9-11)22(13)16-18-6-4-12(10-17)20-16/h4-7,11,13-14H,2-3,8-9H2,1H3/t11?,13-,14+. The van der Waals surface area contributed by atoms with Crippen LogP contribution in [0, 0.1) is 11.3 Å². The van der Waals surface area contributed by atoms with Crippen LogP contribution in [-0.2, 0) is 7.05 Å². The summed E-state index contributed by atoms with van der Waals surface area (Å²) in [5.41, 5.74) is 1.77. The molecule has 2 fully saturated rings. The van der Waals surface area contributed by atoms with Crippen LogP contribution in [0.5, 0.6) is 0 Å². The predicted octanol–water partition coefficient (Wildman–Crippen LogP) is 2.00. The minimum atomic E-state index is 0.443. The van der Waals surface area contributed by atoms with Crippen molar-refractivity contribution in [3.63, 3.8) is 0 Å². The summed E-state index contributed by atoms with van der Waals surface area (Å²) < 4.78 is 1.99. The number of rotatable bonds is 2. The number of nitrogens with zero attached hydrogens (tertiary/aromatic N) is 6. The molecule has 2 aliphatic rings. The summed E-state index contributed by atoms with van der Waals surface area (Å²) in [5.74, 6) is 1.27. The van der Waals surface area contributed by atoms with Crippen LogP contribution in [0.2, 0.25) is 0 Å². The highest BCUT2D eigenvalue weighted by molar-refractivity contribution is 5.40. The number of aromatic nitrogens is 4. The Bertz CT molecular complexity index is 716. The molecule has 4 heterocycles. The average Bonchev–Trinajstić information content (AvgIpc) is 3.08. The summed E-state index contributed by atoms with van der Waals surface area (Å²) in [5, 5.41) is 13.3. The van der Waals surface area contributed by atoms with Gasteiger partial charge in [0.25, 0.3) is 0 Å². The summed E-state index contributed by atoms with van der Waals surface area (Å²) in [4.78, 5) is 11.1. The molecule has 6 nitrogen and oxygen atoms in total. The molecule has 112 valence electrons. The van der Waals surface area contributed by atoms with Crippen molar-refractivity contribution in [1.29, 1.82) is 5.26 Å². The first kappa shape index (κ1) is 13.3. The van der Waals surface area contributed by atoms with Crippen LogP contribution in [0.15, 0.2) is 24.5 Å². The van der Waals surface area contributed by atoms with E-state index in [0.717, 1.165) is 18.8 Å². The van der Waals surface area contributed by atoms with Gasteiger partial charge >= 0.3 is 0 Å². The first-order valence-electron chi connectivity index (χ1n) is 7.75. The van der Waals surface area contributed by atoms with Gasteiger partial charge in [0.05, 0.1) is 0 Å². The minimum Gasteiger partial charge on any atom is -0.335 e. The smallest absolute Gasteiger partial charge is 0.227 e. The third-order valence-electron chi connectivity index (χ3n) is 5.00. The highest BCUT2D eigenvalue weighted by Gasteiger charge is 2.43. The largest absolute Gasteiger partial charge is 0.335 e. The van der Waals surface area contributed by atoms with Gasteiger partial charge in [0.15, 0.2) is 0 Å². The van der Waals surface area contributed by atoms with Crippen LogP contribution in [0.3, 0.4) is 0 Å². The molecule has 0 amide bonds. The summed E-state index contributed by atoms with van der Waals surface area (Å²) in [7, 11) is 2.02. The van der Waals surface area contributed by atoms with Crippen molar-refractivity contribution in [3.8, 4) is 6.07 Å². The number of anilines is 1. The van der Waals surface area contributed by atoms with Crippen molar-refractivity contribution in [3.05, 3.63) is 35.9 Å². The lowest BCUT2D eigenvalue weighted by Crippen LogP contribution is -2.43. The Labute approximate surface area is 129 Å². The van der Waals surface area contributed by atoms with Crippen LogP contribution < -0.4 is 4.90 Å². The van der Waals surface area contributed by atoms with E-state index in [4.69, 9.17) is 5.26 Å². The summed E-state index contributed by atoms with van der Waals surface area (Å²) in [6.45, 7) is 0. The molecular formula is C16H18N6. The lowest BCUT2D eigenvalue weighted by molar-refractivity contribution is 0.395. The molecule has 2 aromatic rings. The van der Waals surface area contributed by atoms with Crippen molar-refractivity contribution in [2.24, 2.45) is 7.05 Å². The molecule has 3 atom stereocenters. The zero-order valence-corrected chi connectivity index (χ0v) is 12.6. The number of hydrogen-bond donors (Lipinski definition) is 0. The average molecular weight is 294 g/mol. The molecule has 2 aromatic heterocycles. The molecule has 6 heteroatoms.